The van der Waals surface area contributed by atoms with Crippen molar-refractivity contribution in [3.05, 3.63) is 54.0 Å². The Bertz CT molecular complexity index is 1110. The number of nitrogens with zero attached hydrogens (tertiary/aromatic N) is 2. The third-order valence-corrected chi connectivity index (χ3v) is 5.41. The molecule has 0 aliphatic carbocycles. The van der Waals surface area contributed by atoms with Gasteiger partial charge in [0, 0.05) is 13.1 Å². The molecule has 0 radical (unpaired) electrons. The number of sulfonamides is 1. The van der Waals surface area contributed by atoms with Crippen LogP contribution in [0.3, 0.4) is 0 Å². The van der Waals surface area contributed by atoms with E-state index in [1.54, 1.807) is 13.0 Å². The molecular formula is C18H22N6O7S. The minimum atomic E-state index is -4.14. The molecule has 32 heavy (non-hydrogen) atoms. The molecule has 172 valence electrons. The van der Waals surface area contributed by atoms with Crippen molar-refractivity contribution in [3.63, 3.8) is 0 Å². The van der Waals surface area contributed by atoms with E-state index >= 15 is 0 Å². The Balaban J connectivity index is 2.06. The second-order valence-electron chi connectivity index (χ2n) is 6.24. The van der Waals surface area contributed by atoms with Crippen molar-refractivity contribution in [2.45, 2.75) is 17.9 Å². The van der Waals surface area contributed by atoms with Gasteiger partial charge in [-0.15, -0.1) is 5.10 Å². The van der Waals surface area contributed by atoms with Gasteiger partial charge in [-0.25, -0.2) is 13.4 Å². The quantitative estimate of drug-likeness (QED) is 0.166. The van der Waals surface area contributed by atoms with E-state index in [2.05, 4.69) is 10.4 Å². The predicted molar refractivity (Wildman–Crippen MR) is 112 cm³/mol. The van der Waals surface area contributed by atoms with E-state index in [9.17, 15) is 27.9 Å². The second-order valence-corrected chi connectivity index (χ2v) is 7.96. The van der Waals surface area contributed by atoms with Crippen molar-refractivity contribution in [3.8, 4) is 0 Å². The summed E-state index contributed by atoms with van der Waals surface area (Å²) >= 11 is 0. The highest BCUT2D eigenvalue weighted by Gasteiger charge is 2.27. The standard InChI is InChI=1S/C18H22N6O7S/c1-2-24(22-18(19)20)16(26)14-9-8-13(31-14)15(25)21-10-12(17(27)28)23-32(29,30)11-6-4-3-5-7-11/h3-9,12,23H,2,10H2,1H3,(H,21,25)(H,27,28)(H4,19,20,22). The molecule has 0 saturated carbocycles. The van der Waals surface area contributed by atoms with Crippen LogP contribution in [0.4, 0.5) is 0 Å². The first-order valence-electron chi connectivity index (χ1n) is 9.14. The molecule has 13 nitrogen and oxygen atoms in total. The number of nitrogens with two attached hydrogens (primary N) is 2. The molecule has 1 unspecified atom stereocenters. The summed E-state index contributed by atoms with van der Waals surface area (Å²) in [7, 11) is -4.14. The normalized spacial score (nSPS) is 11.9. The van der Waals surface area contributed by atoms with Gasteiger partial charge in [-0.3, -0.25) is 14.4 Å². The number of furan rings is 1. The maximum absolute atomic E-state index is 12.3. The Kier molecular flexibility index (Phi) is 7.92. The zero-order chi connectivity index (χ0) is 23.9. The Hall–Kier alpha value is -3.91. The molecule has 0 bridgehead atoms. The average molecular weight is 466 g/mol. The van der Waals surface area contributed by atoms with Gasteiger partial charge in [0.25, 0.3) is 5.91 Å². The molecule has 1 aromatic heterocycles. The van der Waals surface area contributed by atoms with Crippen molar-refractivity contribution in [1.29, 1.82) is 0 Å². The zero-order valence-corrected chi connectivity index (χ0v) is 17.7. The lowest BCUT2D eigenvalue weighted by Gasteiger charge is -2.15. The number of carboxylic acids is 1. The van der Waals surface area contributed by atoms with Gasteiger partial charge in [0.1, 0.15) is 6.04 Å². The van der Waals surface area contributed by atoms with Crippen LogP contribution in [-0.2, 0) is 14.8 Å². The largest absolute Gasteiger partial charge is 0.480 e. The van der Waals surface area contributed by atoms with Crippen LogP contribution in [0.15, 0.2) is 56.9 Å². The van der Waals surface area contributed by atoms with Crippen LogP contribution >= 0.6 is 0 Å². The molecule has 0 aliphatic rings. The summed E-state index contributed by atoms with van der Waals surface area (Å²) in [5.41, 5.74) is 10.5. The Morgan fingerprint density at radius 1 is 1.12 bits per heavy atom. The van der Waals surface area contributed by atoms with Crippen molar-refractivity contribution in [2.75, 3.05) is 13.1 Å². The van der Waals surface area contributed by atoms with E-state index in [4.69, 9.17) is 15.9 Å². The Morgan fingerprint density at radius 2 is 1.75 bits per heavy atom. The number of aliphatic carboxylic acids is 1. The summed E-state index contributed by atoms with van der Waals surface area (Å²) in [4.78, 5) is 35.9. The summed E-state index contributed by atoms with van der Waals surface area (Å²) in [5.74, 6) is -3.96. The van der Waals surface area contributed by atoms with E-state index in [0.717, 1.165) is 5.01 Å². The van der Waals surface area contributed by atoms with Crippen LogP contribution < -0.4 is 21.5 Å². The Labute approximate surface area is 183 Å². The second kappa shape index (κ2) is 10.4. The van der Waals surface area contributed by atoms with Gasteiger partial charge in [-0.05, 0) is 31.2 Å². The van der Waals surface area contributed by atoms with Gasteiger partial charge in [0.2, 0.25) is 16.0 Å². The number of hydrazone groups is 1. The zero-order valence-electron chi connectivity index (χ0n) is 16.9. The third kappa shape index (κ3) is 6.29. The van der Waals surface area contributed by atoms with Crippen LogP contribution in [0.1, 0.15) is 28.0 Å². The first-order chi connectivity index (χ1) is 15.0. The number of carbonyl (C=O) groups is 3. The lowest BCUT2D eigenvalue weighted by Crippen LogP contribution is -2.48. The number of amides is 2. The van der Waals surface area contributed by atoms with Crippen molar-refractivity contribution < 1.29 is 32.3 Å². The van der Waals surface area contributed by atoms with Gasteiger partial charge < -0.3 is 26.3 Å². The maximum Gasteiger partial charge on any atom is 0.323 e. The van der Waals surface area contributed by atoms with Crippen molar-refractivity contribution >= 4 is 33.8 Å². The molecule has 0 saturated heterocycles. The third-order valence-electron chi connectivity index (χ3n) is 3.93. The number of carbonyl (C=O) groups excluding carboxylic acids is 2. The summed E-state index contributed by atoms with van der Waals surface area (Å²) in [5, 5.41) is 16.1. The van der Waals surface area contributed by atoms with Crippen LogP contribution in [0, 0.1) is 0 Å². The van der Waals surface area contributed by atoms with E-state index in [0.29, 0.717) is 0 Å². The summed E-state index contributed by atoms with van der Waals surface area (Å²) in [6.07, 6.45) is 0. The molecule has 7 N–H and O–H groups in total. The SMILES string of the molecule is CCN(N=C(N)N)C(=O)c1ccc(C(=O)NCC(NS(=O)(=O)c2ccccc2)C(=O)O)o1. The lowest BCUT2D eigenvalue weighted by atomic mass is 10.3. The van der Waals surface area contributed by atoms with E-state index in [1.807, 2.05) is 4.72 Å². The lowest BCUT2D eigenvalue weighted by molar-refractivity contribution is -0.138. The van der Waals surface area contributed by atoms with E-state index in [1.165, 1.54) is 36.4 Å². The molecule has 0 spiro atoms. The van der Waals surface area contributed by atoms with Crippen LogP contribution in [0.25, 0.3) is 0 Å². The van der Waals surface area contributed by atoms with Crippen LogP contribution in [0.5, 0.6) is 0 Å². The van der Waals surface area contributed by atoms with Gasteiger partial charge in [-0.2, -0.15) is 4.72 Å². The van der Waals surface area contributed by atoms with Gasteiger partial charge in [-0.1, -0.05) is 18.2 Å². The molecule has 1 aromatic carbocycles. The highest BCUT2D eigenvalue weighted by Crippen LogP contribution is 2.12. The number of hydrogen-bond acceptors (Lipinski definition) is 7. The van der Waals surface area contributed by atoms with E-state index < -0.39 is 40.4 Å². The van der Waals surface area contributed by atoms with Crippen molar-refractivity contribution in [2.24, 2.45) is 16.6 Å². The number of hydrogen-bond donors (Lipinski definition) is 5. The maximum atomic E-state index is 12.3. The van der Waals surface area contributed by atoms with Gasteiger partial charge in [0.05, 0.1) is 4.90 Å². The average Bonchev–Trinajstić information content (AvgIpc) is 3.25. The molecule has 1 heterocycles. The number of rotatable bonds is 10. The number of carboxylic acid groups (broad SMARTS) is 1. The highest BCUT2D eigenvalue weighted by atomic mass is 32.2. The fourth-order valence-electron chi connectivity index (χ4n) is 2.42. The molecule has 2 rings (SSSR count). The molecule has 14 heteroatoms. The summed E-state index contributed by atoms with van der Waals surface area (Å²) < 4.78 is 31.9. The van der Waals surface area contributed by atoms with Crippen LogP contribution in [-0.4, -0.2) is 61.4 Å². The first-order valence-corrected chi connectivity index (χ1v) is 10.6. The molecular weight excluding hydrogens is 444 g/mol. The molecule has 2 aromatic rings. The van der Waals surface area contributed by atoms with E-state index in [-0.39, 0.29) is 28.9 Å². The topological polar surface area (TPSA) is 210 Å². The Morgan fingerprint density at radius 3 is 2.31 bits per heavy atom. The molecule has 2 amide bonds. The van der Waals surface area contributed by atoms with Gasteiger partial charge >= 0.3 is 11.9 Å². The monoisotopic (exact) mass is 466 g/mol. The van der Waals surface area contributed by atoms with Crippen molar-refractivity contribution in [1.82, 2.24) is 15.0 Å². The smallest absolute Gasteiger partial charge is 0.323 e. The number of nitrogens with one attached hydrogen (secondary N) is 2. The number of benzene rings is 1. The fourth-order valence-corrected chi connectivity index (χ4v) is 3.63. The number of guanidine groups is 1. The summed E-state index contributed by atoms with van der Waals surface area (Å²) in [6, 6.07) is 7.91. The molecule has 1 atom stereocenters. The fraction of sp³-hybridized carbons (Fsp3) is 0.222. The molecule has 0 aliphatic heterocycles. The minimum Gasteiger partial charge on any atom is -0.480 e. The molecule has 0 fully saturated rings. The predicted octanol–water partition coefficient (Wildman–Crippen LogP) is -0.908. The van der Waals surface area contributed by atoms with Gasteiger partial charge in [0.15, 0.2) is 11.5 Å². The van der Waals surface area contributed by atoms with Crippen LogP contribution in [0.2, 0.25) is 0 Å². The minimum absolute atomic E-state index is 0.126. The highest BCUT2D eigenvalue weighted by molar-refractivity contribution is 7.89. The first kappa shape index (κ1) is 24.4. The summed E-state index contributed by atoms with van der Waals surface area (Å²) in [6.45, 7) is 1.16.